The lowest BCUT2D eigenvalue weighted by Gasteiger charge is -2.16. The molecule has 0 amide bonds. The fourth-order valence-electron chi connectivity index (χ4n) is 2.79. The van der Waals surface area contributed by atoms with Crippen molar-refractivity contribution in [1.29, 1.82) is 0 Å². The lowest BCUT2D eigenvalue weighted by molar-refractivity contribution is 0.269. The summed E-state index contributed by atoms with van der Waals surface area (Å²) in [6.07, 6.45) is 0. The number of benzene rings is 3. The maximum atomic E-state index is 9.69. The summed E-state index contributed by atoms with van der Waals surface area (Å²) in [5, 5.41) is 14.7. The molecule has 3 aromatic rings. The smallest absolute Gasteiger partial charge is 0.180 e. The monoisotopic (exact) mass is 519 g/mol. The van der Waals surface area contributed by atoms with Gasteiger partial charge in [-0.05, 0) is 48.9 Å². The van der Waals surface area contributed by atoms with Crippen LogP contribution in [0.5, 0.6) is 17.2 Å². The number of ether oxygens (including phenoxy) is 2. The maximum Gasteiger partial charge on any atom is 0.180 e. The highest BCUT2D eigenvalue weighted by Crippen LogP contribution is 2.39. The zero-order chi connectivity index (χ0) is 22.5. The van der Waals surface area contributed by atoms with Crippen molar-refractivity contribution >= 4 is 63.7 Å². The van der Waals surface area contributed by atoms with Crippen LogP contribution >= 0.6 is 58.0 Å². The highest BCUT2D eigenvalue weighted by molar-refractivity contribution is 6.37. The van der Waals surface area contributed by atoms with E-state index in [0.717, 1.165) is 11.1 Å². The third-order valence-corrected chi connectivity index (χ3v) is 5.71. The van der Waals surface area contributed by atoms with E-state index in [2.05, 4.69) is 5.32 Å². The first-order valence-corrected chi connectivity index (χ1v) is 11.1. The Kier molecular flexibility index (Phi) is 8.31. The van der Waals surface area contributed by atoms with Crippen LogP contribution in [0, 0.1) is 0 Å². The summed E-state index contributed by atoms with van der Waals surface area (Å²) in [6, 6.07) is 12.0. The minimum absolute atomic E-state index is 0.155. The molecule has 2 N–H and O–H groups in total. The van der Waals surface area contributed by atoms with E-state index < -0.39 is 0 Å². The average Bonchev–Trinajstić information content (AvgIpc) is 2.71. The molecule has 0 fully saturated rings. The largest absolute Gasteiger partial charge is 0.505 e. The summed E-state index contributed by atoms with van der Waals surface area (Å²) >= 11 is 30.6. The molecule has 0 heterocycles. The summed E-state index contributed by atoms with van der Waals surface area (Å²) in [7, 11) is 0. The Morgan fingerprint density at radius 2 is 1.55 bits per heavy atom. The van der Waals surface area contributed by atoms with Crippen LogP contribution in [-0.2, 0) is 13.2 Å². The van der Waals surface area contributed by atoms with Crippen LogP contribution in [0.2, 0.25) is 25.1 Å². The van der Waals surface area contributed by atoms with Crippen LogP contribution in [0.25, 0.3) is 0 Å². The molecule has 0 aromatic heterocycles. The zero-order valence-electron chi connectivity index (χ0n) is 16.3. The maximum absolute atomic E-state index is 9.69. The van der Waals surface area contributed by atoms with Crippen LogP contribution in [-0.4, -0.2) is 11.7 Å². The van der Waals surface area contributed by atoms with Gasteiger partial charge in [0.25, 0.3) is 0 Å². The zero-order valence-corrected chi connectivity index (χ0v) is 20.1. The van der Waals surface area contributed by atoms with Crippen molar-refractivity contribution in [2.24, 2.45) is 0 Å². The van der Waals surface area contributed by atoms with Gasteiger partial charge in [-0.25, -0.2) is 0 Å². The van der Waals surface area contributed by atoms with Crippen molar-refractivity contribution in [3.63, 3.8) is 0 Å². The van der Waals surface area contributed by atoms with Gasteiger partial charge in [0, 0.05) is 27.8 Å². The number of rotatable bonds is 8. The molecule has 3 rings (SSSR count). The van der Waals surface area contributed by atoms with E-state index in [1.54, 1.807) is 36.4 Å². The van der Waals surface area contributed by atoms with Crippen LogP contribution < -0.4 is 14.8 Å². The van der Waals surface area contributed by atoms with Crippen molar-refractivity contribution in [3.05, 3.63) is 78.7 Å². The van der Waals surface area contributed by atoms with Crippen molar-refractivity contribution < 1.29 is 14.6 Å². The van der Waals surface area contributed by atoms with Crippen LogP contribution in [0.15, 0.2) is 42.5 Å². The average molecular weight is 522 g/mol. The van der Waals surface area contributed by atoms with Gasteiger partial charge in [-0.2, -0.15) is 0 Å². The predicted octanol–water partition coefficient (Wildman–Crippen LogP) is 8.25. The Labute approximate surface area is 205 Å². The van der Waals surface area contributed by atoms with E-state index in [9.17, 15) is 5.11 Å². The lowest BCUT2D eigenvalue weighted by Crippen LogP contribution is -2.04. The first kappa shape index (κ1) is 24.0. The Morgan fingerprint density at radius 1 is 0.839 bits per heavy atom. The molecule has 3 aromatic carbocycles. The molecule has 0 bridgehead atoms. The third kappa shape index (κ3) is 6.18. The van der Waals surface area contributed by atoms with Crippen molar-refractivity contribution in [3.8, 4) is 17.2 Å². The molecule has 0 aliphatic rings. The van der Waals surface area contributed by atoms with Crippen molar-refractivity contribution in [2.75, 3.05) is 11.9 Å². The Morgan fingerprint density at radius 3 is 2.19 bits per heavy atom. The highest BCUT2D eigenvalue weighted by Gasteiger charge is 2.14. The molecule has 31 heavy (non-hydrogen) atoms. The Balaban J connectivity index is 1.78. The van der Waals surface area contributed by atoms with Gasteiger partial charge in [-0.15, -0.1) is 0 Å². The number of phenols is 1. The van der Waals surface area contributed by atoms with E-state index in [4.69, 9.17) is 67.5 Å². The topological polar surface area (TPSA) is 50.7 Å². The molecule has 9 heteroatoms. The van der Waals surface area contributed by atoms with Gasteiger partial charge in [0.05, 0.1) is 21.7 Å². The normalized spacial score (nSPS) is 10.8. The first-order chi connectivity index (χ1) is 14.8. The molecule has 164 valence electrons. The minimum atomic E-state index is -0.155. The summed E-state index contributed by atoms with van der Waals surface area (Å²) in [6.45, 7) is 2.94. The first-order valence-electron chi connectivity index (χ1n) is 9.22. The predicted molar refractivity (Wildman–Crippen MR) is 129 cm³/mol. The number of aromatic hydroxyl groups is 1. The van der Waals surface area contributed by atoms with E-state index >= 15 is 0 Å². The van der Waals surface area contributed by atoms with Crippen LogP contribution in [0.4, 0.5) is 5.69 Å². The number of halogens is 5. The van der Waals surface area contributed by atoms with E-state index in [0.29, 0.717) is 45.4 Å². The summed E-state index contributed by atoms with van der Waals surface area (Å²) < 4.78 is 11.7. The van der Waals surface area contributed by atoms with Gasteiger partial charge >= 0.3 is 0 Å². The van der Waals surface area contributed by atoms with Gasteiger partial charge in [-0.3, -0.25) is 0 Å². The van der Waals surface area contributed by atoms with Gasteiger partial charge in [0.1, 0.15) is 6.61 Å². The fourth-order valence-corrected chi connectivity index (χ4v) is 4.02. The van der Waals surface area contributed by atoms with Crippen LogP contribution in [0.1, 0.15) is 18.1 Å². The minimum Gasteiger partial charge on any atom is -0.505 e. The van der Waals surface area contributed by atoms with E-state index in [1.165, 1.54) is 0 Å². The number of nitrogens with one attached hydrogen (secondary N) is 1. The molecule has 0 saturated heterocycles. The summed E-state index contributed by atoms with van der Waals surface area (Å²) in [5.41, 5.74) is 2.28. The molecule has 4 nitrogen and oxygen atoms in total. The second kappa shape index (κ2) is 10.8. The number of anilines is 1. The number of hydrogen-bond acceptors (Lipinski definition) is 4. The summed E-state index contributed by atoms with van der Waals surface area (Å²) in [4.78, 5) is 0. The van der Waals surface area contributed by atoms with E-state index in [1.807, 2.05) is 13.0 Å². The third-order valence-electron chi connectivity index (χ3n) is 4.27. The second-order valence-electron chi connectivity index (χ2n) is 6.50. The lowest BCUT2D eigenvalue weighted by atomic mass is 10.2. The van der Waals surface area contributed by atoms with Crippen molar-refractivity contribution in [2.45, 2.75) is 20.1 Å². The van der Waals surface area contributed by atoms with Crippen LogP contribution in [0.3, 0.4) is 0 Å². The van der Waals surface area contributed by atoms with Gasteiger partial charge in [0.15, 0.2) is 17.2 Å². The molecule has 0 aliphatic carbocycles. The fraction of sp³-hybridized carbons (Fsp3) is 0.182. The highest BCUT2D eigenvalue weighted by atomic mass is 35.5. The molecule has 0 atom stereocenters. The molecular weight excluding hydrogens is 504 g/mol. The molecule has 0 aliphatic heterocycles. The van der Waals surface area contributed by atoms with Gasteiger partial charge in [0.2, 0.25) is 0 Å². The Hall–Kier alpha value is -1.69. The van der Waals surface area contributed by atoms with E-state index in [-0.39, 0.29) is 22.4 Å². The second-order valence-corrected chi connectivity index (χ2v) is 8.57. The quantitative estimate of drug-likeness (QED) is 0.293. The SMILES string of the molecule is CCOc1cc(CNc2cc(Cl)c(O)c(Cl)c2)cc(Cl)c1OCc1ccc(Cl)cc1Cl. The standard InChI is InChI=1S/C22H18Cl5NO3/c1-2-30-20-6-12(10-28-15-8-17(25)21(29)18(26)9-15)5-19(27)22(20)31-11-13-3-4-14(23)7-16(13)24/h3-9,28-29H,2,10-11H2,1H3. The molecule has 0 spiro atoms. The molecule has 0 radical (unpaired) electrons. The summed E-state index contributed by atoms with van der Waals surface area (Å²) in [5.74, 6) is 0.783. The Bertz CT molecular complexity index is 1070. The molecule has 0 unspecified atom stereocenters. The van der Waals surface area contributed by atoms with Gasteiger partial charge < -0.3 is 19.9 Å². The van der Waals surface area contributed by atoms with Gasteiger partial charge in [-0.1, -0.05) is 64.1 Å². The molecular formula is C22H18Cl5NO3. The molecule has 0 saturated carbocycles. The van der Waals surface area contributed by atoms with Crippen molar-refractivity contribution in [1.82, 2.24) is 0 Å². The number of hydrogen-bond donors (Lipinski definition) is 2. The number of phenolic OH excluding ortho intramolecular Hbond substituents is 1.